The number of nitrogens with one attached hydrogen (secondary N) is 1. The van der Waals surface area contributed by atoms with E-state index in [1.807, 2.05) is 24.3 Å². The van der Waals surface area contributed by atoms with Crippen molar-refractivity contribution in [2.75, 3.05) is 13.1 Å². The maximum atomic E-state index is 8.69. The van der Waals surface area contributed by atoms with Gasteiger partial charge in [-0.25, -0.2) is 5.01 Å². The Labute approximate surface area is 96.7 Å². The van der Waals surface area contributed by atoms with Gasteiger partial charge in [-0.2, -0.15) is 5.26 Å². The second-order valence-electron chi connectivity index (χ2n) is 4.19. The first kappa shape index (κ1) is 11.1. The van der Waals surface area contributed by atoms with Crippen LogP contribution < -0.4 is 5.43 Å². The molecule has 3 heteroatoms. The van der Waals surface area contributed by atoms with Gasteiger partial charge in [0.1, 0.15) is 0 Å². The highest BCUT2D eigenvalue weighted by Crippen LogP contribution is 2.07. The van der Waals surface area contributed by atoms with E-state index in [0.29, 0.717) is 0 Å². The molecular weight excluding hydrogens is 198 g/mol. The topological polar surface area (TPSA) is 39.1 Å². The van der Waals surface area contributed by atoms with Gasteiger partial charge in [0.2, 0.25) is 0 Å². The lowest BCUT2D eigenvalue weighted by molar-refractivity contribution is 0.151. The van der Waals surface area contributed by atoms with E-state index >= 15 is 0 Å². The van der Waals surface area contributed by atoms with Crippen LogP contribution in [0.5, 0.6) is 0 Å². The lowest BCUT2D eigenvalue weighted by atomic mass is 10.1. The maximum absolute atomic E-state index is 8.69. The van der Waals surface area contributed by atoms with Crippen LogP contribution in [0, 0.1) is 11.3 Å². The first-order valence-electron chi connectivity index (χ1n) is 5.86. The third-order valence-corrected chi connectivity index (χ3v) is 2.95. The Morgan fingerprint density at radius 1 is 1.12 bits per heavy atom. The number of hydrazine groups is 1. The van der Waals surface area contributed by atoms with Crippen molar-refractivity contribution < 1.29 is 0 Å². The Morgan fingerprint density at radius 3 is 2.44 bits per heavy atom. The Bertz CT molecular complexity index is 358. The average Bonchev–Trinajstić information content (AvgIpc) is 2.38. The second-order valence-corrected chi connectivity index (χ2v) is 4.19. The minimum absolute atomic E-state index is 0.724. The second kappa shape index (κ2) is 5.64. The van der Waals surface area contributed by atoms with Crippen LogP contribution in [0.3, 0.4) is 0 Å². The number of nitriles is 1. The van der Waals surface area contributed by atoms with Crippen molar-refractivity contribution in [3.63, 3.8) is 0 Å². The summed E-state index contributed by atoms with van der Waals surface area (Å²) in [6.45, 7) is 3.15. The van der Waals surface area contributed by atoms with E-state index in [9.17, 15) is 0 Å². The van der Waals surface area contributed by atoms with Crippen LogP contribution in [0.2, 0.25) is 0 Å². The largest absolute Gasteiger partial charge is 0.251 e. The molecule has 0 spiro atoms. The summed E-state index contributed by atoms with van der Waals surface area (Å²) in [5.41, 5.74) is 5.38. The van der Waals surface area contributed by atoms with E-state index in [-0.39, 0.29) is 0 Å². The number of hydrogen-bond donors (Lipinski definition) is 1. The van der Waals surface area contributed by atoms with Gasteiger partial charge < -0.3 is 0 Å². The summed E-state index contributed by atoms with van der Waals surface area (Å²) >= 11 is 0. The summed E-state index contributed by atoms with van der Waals surface area (Å²) in [6.07, 6.45) is 3.94. The number of benzene rings is 1. The lowest BCUT2D eigenvalue weighted by Gasteiger charge is -2.27. The molecule has 1 N–H and O–H groups in total. The molecule has 1 aromatic carbocycles. The predicted octanol–water partition coefficient (Wildman–Crippen LogP) is 2.05. The number of nitrogens with zero attached hydrogens (tertiary/aromatic N) is 2. The molecule has 16 heavy (non-hydrogen) atoms. The maximum Gasteiger partial charge on any atom is 0.0991 e. The molecule has 0 radical (unpaired) electrons. The van der Waals surface area contributed by atoms with Crippen LogP contribution in [0.4, 0.5) is 0 Å². The fourth-order valence-electron chi connectivity index (χ4n) is 1.95. The fraction of sp³-hybridized carbons (Fsp3) is 0.462. The van der Waals surface area contributed by atoms with E-state index in [1.54, 1.807) is 0 Å². The number of piperidine rings is 1. The summed E-state index contributed by atoms with van der Waals surface area (Å²) in [5.74, 6) is 0. The zero-order valence-electron chi connectivity index (χ0n) is 9.45. The van der Waals surface area contributed by atoms with Crippen molar-refractivity contribution in [2.24, 2.45) is 0 Å². The van der Waals surface area contributed by atoms with Crippen molar-refractivity contribution in [1.82, 2.24) is 10.4 Å². The fourth-order valence-corrected chi connectivity index (χ4v) is 1.95. The van der Waals surface area contributed by atoms with Crippen LogP contribution in [0.1, 0.15) is 30.4 Å². The van der Waals surface area contributed by atoms with Gasteiger partial charge in [-0.15, -0.1) is 0 Å². The SMILES string of the molecule is N#Cc1ccc(CNN2CCCCC2)cc1. The van der Waals surface area contributed by atoms with Crippen molar-refractivity contribution in [3.05, 3.63) is 35.4 Å². The van der Waals surface area contributed by atoms with E-state index in [2.05, 4.69) is 16.5 Å². The standard InChI is InChI=1S/C13H17N3/c14-10-12-4-6-13(7-5-12)11-15-16-8-2-1-3-9-16/h4-7,15H,1-3,8-9,11H2. The van der Waals surface area contributed by atoms with Crippen LogP contribution in [0.15, 0.2) is 24.3 Å². The minimum Gasteiger partial charge on any atom is -0.251 e. The Morgan fingerprint density at radius 2 is 1.81 bits per heavy atom. The minimum atomic E-state index is 0.724. The zero-order chi connectivity index (χ0) is 11.2. The molecule has 1 aromatic rings. The molecule has 0 bridgehead atoms. The van der Waals surface area contributed by atoms with E-state index in [1.165, 1.54) is 24.8 Å². The molecule has 0 atom stereocenters. The van der Waals surface area contributed by atoms with Gasteiger partial charge in [0.25, 0.3) is 0 Å². The third kappa shape index (κ3) is 3.06. The first-order chi connectivity index (χ1) is 7.88. The monoisotopic (exact) mass is 215 g/mol. The summed E-state index contributed by atoms with van der Waals surface area (Å²) in [6, 6.07) is 9.88. The Balaban J connectivity index is 1.82. The highest BCUT2D eigenvalue weighted by Gasteiger charge is 2.08. The van der Waals surface area contributed by atoms with E-state index in [4.69, 9.17) is 5.26 Å². The molecule has 1 saturated heterocycles. The van der Waals surface area contributed by atoms with Gasteiger partial charge >= 0.3 is 0 Å². The van der Waals surface area contributed by atoms with E-state index < -0.39 is 0 Å². The van der Waals surface area contributed by atoms with Crippen LogP contribution in [-0.2, 0) is 6.54 Å². The third-order valence-electron chi connectivity index (χ3n) is 2.95. The lowest BCUT2D eigenvalue weighted by Crippen LogP contribution is -2.41. The Kier molecular flexibility index (Phi) is 3.92. The molecule has 84 valence electrons. The summed E-state index contributed by atoms with van der Waals surface area (Å²) < 4.78 is 0. The smallest absolute Gasteiger partial charge is 0.0991 e. The molecule has 3 nitrogen and oxygen atoms in total. The molecule has 0 aliphatic carbocycles. The van der Waals surface area contributed by atoms with E-state index in [0.717, 1.165) is 25.2 Å². The van der Waals surface area contributed by atoms with Crippen molar-refractivity contribution in [3.8, 4) is 6.07 Å². The van der Waals surface area contributed by atoms with Gasteiger partial charge in [0.05, 0.1) is 11.6 Å². The molecule has 0 unspecified atom stereocenters. The predicted molar refractivity (Wildman–Crippen MR) is 63.4 cm³/mol. The molecular formula is C13H17N3. The molecule has 1 heterocycles. The van der Waals surface area contributed by atoms with Gasteiger partial charge in [-0.1, -0.05) is 18.6 Å². The number of hydrogen-bond acceptors (Lipinski definition) is 3. The van der Waals surface area contributed by atoms with Crippen LogP contribution >= 0.6 is 0 Å². The molecule has 0 amide bonds. The highest BCUT2D eigenvalue weighted by atomic mass is 15.5. The molecule has 0 saturated carbocycles. The van der Waals surface area contributed by atoms with Crippen molar-refractivity contribution in [1.29, 1.82) is 5.26 Å². The summed E-state index contributed by atoms with van der Waals surface area (Å²) in [7, 11) is 0. The summed E-state index contributed by atoms with van der Waals surface area (Å²) in [4.78, 5) is 0. The van der Waals surface area contributed by atoms with Gasteiger partial charge in [-0.05, 0) is 30.5 Å². The highest BCUT2D eigenvalue weighted by molar-refractivity contribution is 5.31. The molecule has 0 aromatic heterocycles. The number of rotatable bonds is 3. The normalized spacial score (nSPS) is 16.9. The average molecular weight is 215 g/mol. The van der Waals surface area contributed by atoms with Crippen molar-refractivity contribution in [2.45, 2.75) is 25.8 Å². The molecule has 1 fully saturated rings. The van der Waals surface area contributed by atoms with Crippen molar-refractivity contribution >= 4 is 0 Å². The molecule has 1 aliphatic rings. The van der Waals surface area contributed by atoms with Crippen LogP contribution in [-0.4, -0.2) is 18.1 Å². The molecule has 2 rings (SSSR count). The van der Waals surface area contributed by atoms with Gasteiger partial charge in [0.15, 0.2) is 0 Å². The molecule has 1 aliphatic heterocycles. The van der Waals surface area contributed by atoms with Gasteiger partial charge in [0, 0.05) is 19.6 Å². The zero-order valence-corrected chi connectivity index (χ0v) is 9.45. The van der Waals surface area contributed by atoms with Crippen LogP contribution in [0.25, 0.3) is 0 Å². The quantitative estimate of drug-likeness (QED) is 0.838. The van der Waals surface area contributed by atoms with Gasteiger partial charge in [-0.3, -0.25) is 5.43 Å². The first-order valence-corrected chi connectivity index (χ1v) is 5.86. The summed E-state index contributed by atoms with van der Waals surface area (Å²) in [5, 5.41) is 11.0. The Hall–Kier alpha value is -1.37.